The third kappa shape index (κ3) is 4.30. The minimum Gasteiger partial charge on any atom is -0.497 e. The van der Waals surface area contributed by atoms with Gasteiger partial charge in [-0.3, -0.25) is 0 Å². The van der Waals surface area contributed by atoms with Crippen molar-refractivity contribution in [1.29, 1.82) is 0 Å². The summed E-state index contributed by atoms with van der Waals surface area (Å²) in [5, 5.41) is 0. The molecule has 4 rings (SSSR count). The van der Waals surface area contributed by atoms with E-state index in [0.717, 1.165) is 46.1 Å². The van der Waals surface area contributed by atoms with Crippen molar-refractivity contribution >= 4 is 16.8 Å². The molecule has 0 fully saturated rings. The molecular weight excluding hydrogens is 394 g/mol. The van der Waals surface area contributed by atoms with Crippen LogP contribution in [0.15, 0.2) is 82.1 Å². The van der Waals surface area contributed by atoms with Gasteiger partial charge in [0.1, 0.15) is 11.6 Å². The lowest BCUT2D eigenvalue weighted by molar-refractivity contribution is 0.408. The van der Waals surface area contributed by atoms with Gasteiger partial charge in [-0.2, -0.15) is 4.40 Å². The van der Waals surface area contributed by atoms with Gasteiger partial charge < -0.3 is 15.4 Å². The van der Waals surface area contributed by atoms with Gasteiger partial charge in [-0.05, 0) is 53.9 Å². The molecule has 1 atom stereocenters. The van der Waals surface area contributed by atoms with Crippen molar-refractivity contribution in [2.24, 2.45) is 10.1 Å². The molecule has 30 heavy (non-hydrogen) atoms. The number of nitrogens with two attached hydrogens (primary N) is 1. The highest BCUT2D eigenvalue weighted by Gasteiger charge is 2.26. The summed E-state index contributed by atoms with van der Waals surface area (Å²) in [5.41, 5.74) is 10.2. The number of methoxy groups -OCH3 is 1. The van der Waals surface area contributed by atoms with Crippen molar-refractivity contribution in [1.82, 2.24) is 4.90 Å². The smallest absolute Gasteiger partial charge is 0.175 e. The fourth-order valence-corrected chi connectivity index (χ4v) is 4.57. The Bertz CT molecular complexity index is 1060. The van der Waals surface area contributed by atoms with E-state index in [2.05, 4.69) is 45.7 Å². The van der Waals surface area contributed by atoms with E-state index in [9.17, 15) is 4.21 Å². The first-order valence-corrected chi connectivity index (χ1v) is 11.1. The van der Waals surface area contributed by atoms with Gasteiger partial charge >= 0.3 is 0 Å². The Balaban J connectivity index is 1.55. The van der Waals surface area contributed by atoms with Crippen LogP contribution in [0.25, 0.3) is 11.1 Å². The third-order valence-corrected chi connectivity index (χ3v) is 6.24. The van der Waals surface area contributed by atoms with Gasteiger partial charge in [0.25, 0.3) is 0 Å². The molecule has 1 unspecified atom stereocenters. The second kappa shape index (κ2) is 9.24. The van der Waals surface area contributed by atoms with E-state index in [4.69, 9.17) is 10.5 Å². The van der Waals surface area contributed by atoms with E-state index in [0.29, 0.717) is 13.1 Å². The normalized spacial score (nSPS) is 14.9. The van der Waals surface area contributed by atoms with Gasteiger partial charge in [-0.25, -0.2) is 4.21 Å². The number of fused-ring (bicyclic) bond motifs is 1. The molecule has 1 heterocycles. The number of ether oxygens (including phenoxy) is 1. The summed E-state index contributed by atoms with van der Waals surface area (Å²) in [6.07, 6.45) is 0.845. The molecule has 1 aliphatic heterocycles. The first kappa shape index (κ1) is 20.3. The summed E-state index contributed by atoms with van der Waals surface area (Å²) in [5.74, 6) is 1.64. The lowest BCUT2D eigenvalue weighted by atomic mass is 10.0. The molecule has 0 radical (unpaired) electrons. The lowest BCUT2D eigenvalue weighted by Crippen LogP contribution is -2.32. The van der Waals surface area contributed by atoms with Crippen LogP contribution >= 0.6 is 0 Å². The topological polar surface area (TPSA) is 67.9 Å². The lowest BCUT2D eigenvalue weighted by Gasteiger charge is -2.25. The van der Waals surface area contributed by atoms with E-state index >= 15 is 0 Å². The van der Waals surface area contributed by atoms with E-state index in [1.165, 1.54) is 5.56 Å². The number of benzene rings is 3. The van der Waals surface area contributed by atoms with Crippen LogP contribution in [-0.2, 0) is 17.5 Å². The Labute approximate surface area is 179 Å². The molecule has 0 amide bonds. The van der Waals surface area contributed by atoms with Gasteiger partial charge in [0.15, 0.2) is 11.0 Å². The highest BCUT2D eigenvalue weighted by molar-refractivity contribution is 7.84. The SMILES string of the molecule is COc1ccc(-c2ccc(CN(CCCN)C3=NS(=O)c4ccccc43)cc2)cc1. The first-order valence-electron chi connectivity index (χ1n) is 9.98. The van der Waals surface area contributed by atoms with Gasteiger partial charge in [0.2, 0.25) is 0 Å². The minimum absolute atomic E-state index is 0.602. The quantitative estimate of drug-likeness (QED) is 0.629. The average Bonchev–Trinajstić information content (AvgIpc) is 3.14. The van der Waals surface area contributed by atoms with E-state index in [1.807, 2.05) is 36.4 Å². The Morgan fingerprint density at radius 3 is 2.30 bits per heavy atom. The van der Waals surface area contributed by atoms with Crippen LogP contribution in [-0.4, -0.2) is 35.1 Å². The van der Waals surface area contributed by atoms with Crippen molar-refractivity contribution in [3.63, 3.8) is 0 Å². The summed E-state index contributed by atoms with van der Waals surface area (Å²) >= 11 is 0. The number of hydrogen-bond donors (Lipinski definition) is 1. The second-order valence-electron chi connectivity index (χ2n) is 7.15. The van der Waals surface area contributed by atoms with Crippen LogP contribution in [0, 0.1) is 0 Å². The zero-order chi connectivity index (χ0) is 20.9. The van der Waals surface area contributed by atoms with Crippen molar-refractivity contribution < 1.29 is 8.95 Å². The van der Waals surface area contributed by atoms with Crippen LogP contribution in [0.4, 0.5) is 0 Å². The maximum absolute atomic E-state index is 12.4. The van der Waals surface area contributed by atoms with Crippen LogP contribution < -0.4 is 10.5 Å². The molecule has 5 nitrogen and oxygen atoms in total. The molecule has 154 valence electrons. The molecular formula is C24H25N3O2S. The predicted molar refractivity (Wildman–Crippen MR) is 122 cm³/mol. The zero-order valence-electron chi connectivity index (χ0n) is 17.0. The highest BCUT2D eigenvalue weighted by atomic mass is 32.2. The van der Waals surface area contributed by atoms with Crippen molar-refractivity contribution in [3.05, 3.63) is 83.9 Å². The van der Waals surface area contributed by atoms with Crippen LogP contribution in [0.3, 0.4) is 0 Å². The van der Waals surface area contributed by atoms with E-state index < -0.39 is 11.0 Å². The van der Waals surface area contributed by atoms with Crippen LogP contribution in [0.1, 0.15) is 17.5 Å². The van der Waals surface area contributed by atoms with Gasteiger partial charge in [0, 0.05) is 18.7 Å². The maximum atomic E-state index is 12.4. The minimum atomic E-state index is -1.34. The summed E-state index contributed by atoms with van der Waals surface area (Å²) < 4.78 is 22.1. The van der Waals surface area contributed by atoms with Crippen LogP contribution in [0.5, 0.6) is 5.75 Å². The Hall–Kier alpha value is -2.96. The molecule has 0 bridgehead atoms. The summed E-state index contributed by atoms with van der Waals surface area (Å²) in [4.78, 5) is 2.96. The maximum Gasteiger partial charge on any atom is 0.175 e. The van der Waals surface area contributed by atoms with E-state index in [1.54, 1.807) is 7.11 Å². The summed E-state index contributed by atoms with van der Waals surface area (Å²) in [7, 11) is 0.331. The molecule has 0 saturated carbocycles. The summed E-state index contributed by atoms with van der Waals surface area (Å²) in [6.45, 7) is 2.05. The van der Waals surface area contributed by atoms with Crippen molar-refractivity contribution in [2.45, 2.75) is 17.9 Å². The van der Waals surface area contributed by atoms with Crippen molar-refractivity contribution in [2.75, 3.05) is 20.2 Å². The van der Waals surface area contributed by atoms with Gasteiger partial charge in [-0.15, -0.1) is 0 Å². The van der Waals surface area contributed by atoms with Crippen LogP contribution in [0.2, 0.25) is 0 Å². The number of nitrogens with zero attached hydrogens (tertiary/aromatic N) is 2. The number of amidine groups is 1. The standard InChI is InChI=1S/C24H25N3O2S/c1-29-21-13-11-20(12-14-21)19-9-7-18(8-10-19)17-27(16-4-15-25)24-22-5-2-3-6-23(22)30(28)26-24/h2-3,5-14H,4,15-17,25H2,1H3. The number of rotatable bonds is 7. The van der Waals surface area contributed by atoms with Crippen molar-refractivity contribution in [3.8, 4) is 16.9 Å². The Morgan fingerprint density at radius 1 is 0.967 bits per heavy atom. The Kier molecular flexibility index (Phi) is 6.26. The van der Waals surface area contributed by atoms with Gasteiger partial charge in [0.05, 0.1) is 12.0 Å². The second-order valence-corrected chi connectivity index (χ2v) is 8.27. The molecule has 0 saturated heterocycles. The van der Waals surface area contributed by atoms with Gasteiger partial charge in [-0.1, -0.05) is 48.5 Å². The molecule has 1 aliphatic rings. The summed E-state index contributed by atoms with van der Waals surface area (Å²) in [6, 6.07) is 24.3. The van der Waals surface area contributed by atoms with E-state index in [-0.39, 0.29) is 0 Å². The monoisotopic (exact) mass is 419 g/mol. The molecule has 2 N–H and O–H groups in total. The fourth-order valence-electron chi connectivity index (χ4n) is 3.56. The fraction of sp³-hybridized carbons (Fsp3) is 0.208. The average molecular weight is 420 g/mol. The predicted octanol–water partition coefficient (Wildman–Crippen LogP) is 4.00. The Morgan fingerprint density at radius 2 is 1.63 bits per heavy atom. The molecule has 0 aliphatic carbocycles. The third-order valence-electron chi connectivity index (χ3n) is 5.17. The first-order chi connectivity index (χ1) is 14.7. The molecule has 3 aromatic rings. The molecule has 0 aromatic heterocycles. The molecule has 0 spiro atoms. The number of hydrogen-bond acceptors (Lipinski definition) is 4. The molecule has 6 heteroatoms. The largest absolute Gasteiger partial charge is 0.497 e. The highest BCUT2D eigenvalue weighted by Crippen LogP contribution is 2.27. The molecule has 3 aromatic carbocycles. The zero-order valence-corrected chi connectivity index (χ0v) is 17.8.